The molecule has 0 saturated carbocycles. The third kappa shape index (κ3) is 4.68. The van der Waals surface area contributed by atoms with Crippen molar-refractivity contribution in [3.8, 4) is 0 Å². The van der Waals surface area contributed by atoms with Crippen LogP contribution in [-0.4, -0.2) is 24.3 Å². The number of rotatable bonds is 5. The zero-order chi connectivity index (χ0) is 16.8. The molecule has 1 unspecified atom stereocenters. The quantitative estimate of drug-likeness (QED) is 0.785. The lowest BCUT2D eigenvalue weighted by Gasteiger charge is -2.21. The summed E-state index contributed by atoms with van der Waals surface area (Å²) in [6.07, 6.45) is 0. The second-order valence-corrected chi connectivity index (χ2v) is 5.54. The molecule has 2 rings (SSSR count). The lowest BCUT2D eigenvalue weighted by molar-refractivity contribution is 0.232. The van der Waals surface area contributed by atoms with E-state index in [0.29, 0.717) is 5.56 Å². The van der Waals surface area contributed by atoms with Crippen LogP contribution >= 0.6 is 11.6 Å². The summed E-state index contributed by atoms with van der Waals surface area (Å²) in [5.41, 5.74) is 2.50. The van der Waals surface area contributed by atoms with Crippen LogP contribution in [0.1, 0.15) is 22.7 Å². The van der Waals surface area contributed by atoms with Crippen LogP contribution in [0.3, 0.4) is 0 Å². The molecule has 0 aliphatic rings. The second-order valence-electron chi connectivity index (χ2n) is 5.13. The van der Waals surface area contributed by atoms with Crippen molar-refractivity contribution in [2.24, 2.45) is 0 Å². The Balaban J connectivity index is 2.34. The summed E-state index contributed by atoms with van der Waals surface area (Å²) >= 11 is 6.14. The summed E-state index contributed by atoms with van der Waals surface area (Å²) in [7, 11) is 0. The maximum atomic E-state index is 13.3. The van der Waals surface area contributed by atoms with Gasteiger partial charge in [0.15, 0.2) is 0 Å². The van der Waals surface area contributed by atoms with Crippen LogP contribution in [0.2, 0.25) is 5.02 Å². The normalized spacial score (nSPS) is 11.8. The summed E-state index contributed by atoms with van der Waals surface area (Å²) in [6, 6.07) is 10.7. The molecule has 0 aliphatic carbocycles. The molecule has 0 aromatic heterocycles. The summed E-state index contributed by atoms with van der Waals surface area (Å²) < 4.78 is 13.3. The van der Waals surface area contributed by atoms with E-state index < -0.39 is 17.9 Å². The predicted octanol–water partition coefficient (Wildman–Crippen LogP) is 3.17. The van der Waals surface area contributed by atoms with Gasteiger partial charge in [0.25, 0.3) is 0 Å². The number of carbonyl (C=O) groups excluding carboxylic acids is 1. The van der Waals surface area contributed by atoms with E-state index in [1.807, 2.05) is 31.2 Å². The average molecular weight is 337 g/mol. The molecule has 4 nitrogen and oxygen atoms in total. The minimum absolute atomic E-state index is 0.142. The Kier molecular flexibility index (Phi) is 5.96. The standard InChI is InChI=1S/C17H18ClFN2O2/c1-11-2-4-12(5-3-11)16(21-17(23)20-8-9-22)14-7-6-13(19)10-15(14)18/h2-7,10,16,22H,8-9H2,1H3,(H2,20,21,23). The molecule has 0 bridgehead atoms. The van der Waals surface area contributed by atoms with Crippen molar-refractivity contribution in [1.82, 2.24) is 10.6 Å². The van der Waals surface area contributed by atoms with Crippen LogP contribution in [0.15, 0.2) is 42.5 Å². The minimum atomic E-state index is -0.526. The molecule has 3 N–H and O–H groups in total. The van der Waals surface area contributed by atoms with Gasteiger partial charge in [-0.05, 0) is 30.2 Å². The number of aliphatic hydroxyl groups is 1. The van der Waals surface area contributed by atoms with Crippen molar-refractivity contribution in [2.75, 3.05) is 13.2 Å². The van der Waals surface area contributed by atoms with E-state index in [-0.39, 0.29) is 18.2 Å². The SMILES string of the molecule is Cc1ccc(C(NC(=O)NCCO)c2ccc(F)cc2Cl)cc1. The Hall–Kier alpha value is -2.11. The Morgan fingerprint density at radius 1 is 1.26 bits per heavy atom. The van der Waals surface area contributed by atoms with Crippen molar-refractivity contribution in [1.29, 1.82) is 0 Å². The number of nitrogens with one attached hydrogen (secondary N) is 2. The van der Waals surface area contributed by atoms with Crippen LogP contribution in [0, 0.1) is 12.7 Å². The summed E-state index contributed by atoms with van der Waals surface area (Å²) in [5.74, 6) is -0.439. The summed E-state index contributed by atoms with van der Waals surface area (Å²) in [6.45, 7) is 1.95. The van der Waals surface area contributed by atoms with Gasteiger partial charge >= 0.3 is 6.03 Å². The van der Waals surface area contributed by atoms with Crippen molar-refractivity contribution < 1.29 is 14.3 Å². The second kappa shape index (κ2) is 7.94. The van der Waals surface area contributed by atoms with Gasteiger partial charge in [0.1, 0.15) is 5.82 Å². The number of benzene rings is 2. The molecule has 0 saturated heterocycles. The lowest BCUT2D eigenvalue weighted by Crippen LogP contribution is -2.39. The lowest BCUT2D eigenvalue weighted by atomic mass is 9.97. The van der Waals surface area contributed by atoms with Crippen molar-refractivity contribution >= 4 is 17.6 Å². The molecule has 2 aromatic carbocycles. The Morgan fingerprint density at radius 2 is 1.96 bits per heavy atom. The van der Waals surface area contributed by atoms with E-state index in [2.05, 4.69) is 10.6 Å². The number of aliphatic hydroxyl groups excluding tert-OH is 1. The molecule has 0 fully saturated rings. The molecular weight excluding hydrogens is 319 g/mol. The monoisotopic (exact) mass is 336 g/mol. The van der Waals surface area contributed by atoms with Gasteiger partial charge in [-0.25, -0.2) is 9.18 Å². The van der Waals surface area contributed by atoms with E-state index in [1.165, 1.54) is 12.1 Å². The van der Waals surface area contributed by atoms with Crippen LogP contribution < -0.4 is 10.6 Å². The molecule has 0 spiro atoms. The molecular formula is C17H18ClFN2O2. The smallest absolute Gasteiger partial charge is 0.315 e. The van der Waals surface area contributed by atoms with Gasteiger partial charge in [-0.2, -0.15) is 0 Å². The Labute approximate surface area is 139 Å². The third-order valence-electron chi connectivity index (χ3n) is 3.36. The minimum Gasteiger partial charge on any atom is -0.395 e. The van der Waals surface area contributed by atoms with Gasteiger partial charge in [-0.1, -0.05) is 47.5 Å². The van der Waals surface area contributed by atoms with E-state index in [4.69, 9.17) is 16.7 Å². The number of urea groups is 1. The highest BCUT2D eigenvalue weighted by Crippen LogP contribution is 2.29. The van der Waals surface area contributed by atoms with Gasteiger partial charge in [0.05, 0.1) is 12.6 Å². The molecule has 0 heterocycles. The zero-order valence-electron chi connectivity index (χ0n) is 12.6. The van der Waals surface area contributed by atoms with Crippen LogP contribution in [0.4, 0.5) is 9.18 Å². The highest BCUT2D eigenvalue weighted by atomic mass is 35.5. The molecule has 23 heavy (non-hydrogen) atoms. The van der Waals surface area contributed by atoms with Crippen LogP contribution in [0.25, 0.3) is 0 Å². The van der Waals surface area contributed by atoms with Crippen LogP contribution in [0.5, 0.6) is 0 Å². The maximum Gasteiger partial charge on any atom is 0.315 e. The average Bonchev–Trinajstić information content (AvgIpc) is 2.52. The number of carbonyl (C=O) groups is 1. The van der Waals surface area contributed by atoms with Crippen molar-refractivity contribution in [3.05, 3.63) is 70.0 Å². The van der Waals surface area contributed by atoms with Crippen molar-refractivity contribution in [3.63, 3.8) is 0 Å². The molecule has 0 aliphatic heterocycles. The first kappa shape index (κ1) is 17.2. The fraction of sp³-hybridized carbons (Fsp3) is 0.235. The van der Waals surface area contributed by atoms with Gasteiger partial charge < -0.3 is 15.7 Å². The molecule has 6 heteroatoms. The fourth-order valence-electron chi connectivity index (χ4n) is 2.19. The van der Waals surface area contributed by atoms with E-state index in [0.717, 1.165) is 11.1 Å². The summed E-state index contributed by atoms with van der Waals surface area (Å²) in [4.78, 5) is 12.0. The fourth-order valence-corrected chi connectivity index (χ4v) is 2.46. The topological polar surface area (TPSA) is 61.4 Å². The van der Waals surface area contributed by atoms with E-state index in [9.17, 15) is 9.18 Å². The van der Waals surface area contributed by atoms with E-state index in [1.54, 1.807) is 6.07 Å². The maximum absolute atomic E-state index is 13.3. The molecule has 2 amide bonds. The predicted molar refractivity (Wildman–Crippen MR) is 88.1 cm³/mol. The van der Waals surface area contributed by atoms with Gasteiger partial charge in [0.2, 0.25) is 0 Å². The molecule has 2 aromatic rings. The largest absolute Gasteiger partial charge is 0.395 e. The molecule has 122 valence electrons. The number of amides is 2. The van der Waals surface area contributed by atoms with Crippen LogP contribution in [-0.2, 0) is 0 Å². The highest BCUT2D eigenvalue weighted by molar-refractivity contribution is 6.31. The summed E-state index contributed by atoms with van der Waals surface area (Å²) in [5, 5.41) is 14.3. The first-order valence-corrected chi connectivity index (χ1v) is 7.56. The van der Waals surface area contributed by atoms with Gasteiger partial charge in [-0.15, -0.1) is 0 Å². The number of halogens is 2. The number of hydrogen-bond acceptors (Lipinski definition) is 2. The number of hydrogen-bond donors (Lipinski definition) is 3. The van der Waals surface area contributed by atoms with E-state index >= 15 is 0 Å². The van der Waals surface area contributed by atoms with Gasteiger partial charge in [0, 0.05) is 11.6 Å². The molecule has 1 atom stereocenters. The highest BCUT2D eigenvalue weighted by Gasteiger charge is 2.19. The van der Waals surface area contributed by atoms with Crippen molar-refractivity contribution in [2.45, 2.75) is 13.0 Å². The Bertz CT molecular complexity index is 677. The first-order valence-electron chi connectivity index (χ1n) is 7.18. The first-order chi connectivity index (χ1) is 11.0. The third-order valence-corrected chi connectivity index (χ3v) is 3.68. The number of aryl methyl sites for hydroxylation is 1. The zero-order valence-corrected chi connectivity index (χ0v) is 13.4. The Morgan fingerprint density at radius 3 is 2.57 bits per heavy atom. The molecule has 0 radical (unpaired) electrons. The van der Waals surface area contributed by atoms with Gasteiger partial charge in [-0.3, -0.25) is 0 Å².